The Kier molecular flexibility index (Phi) is 10.9. The first-order chi connectivity index (χ1) is 16.8. The van der Waals surface area contributed by atoms with E-state index in [0.717, 1.165) is 0 Å². The zero-order valence-corrected chi connectivity index (χ0v) is 19.1. The summed E-state index contributed by atoms with van der Waals surface area (Å²) in [5.41, 5.74) is 17.8. The number of hydrogen-bond donors (Lipinski definition) is 3. The van der Waals surface area contributed by atoms with E-state index in [1.54, 1.807) is 60.7 Å². The Balaban J connectivity index is 2.16. The number of rotatable bonds is 12. The van der Waals surface area contributed by atoms with Gasteiger partial charge in [-0.3, -0.25) is 9.79 Å². The van der Waals surface area contributed by atoms with Crippen LogP contribution in [0.25, 0.3) is 0 Å². The van der Waals surface area contributed by atoms with Crippen LogP contribution in [0.2, 0.25) is 0 Å². The third-order valence-corrected chi connectivity index (χ3v) is 4.80. The maximum absolute atomic E-state index is 13.1. The zero-order chi connectivity index (χ0) is 25.6. The molecule has 186 valence electrons. The van der Waals surface area contributed by atoms with Crippen molar-refractivity contribution in [3.8, 4) is 0 Å². The molecule has 2 amide bonds. The van der Waals surface area contributed by atoms with Crippen molar-refractivity contribution in [2.45, 2.75) is 38.1 Å². The Morgan fingerprint density at radius 2 is 1.46 bits per heavy atom. The third-order valence-electron chi connectivity index (χ3n) is 4.80. The molecule has 0 fully saturated rings. The molecule has 2 aromatic carbocycles. The number of nitrogens with zero attached hydrogens (tertiary/aromatic N) is 2. The van der Waals surface area contributed by atoms with Crippen LogP contribution in [-0.2, 0) is 37.1 Å². The number of benzene rings is 2. The number of ether oxygens (including phenoxy) is 2. The van der Waals surface area contributed by atoms with Gasteiger partial charge in [-0.05, 0) is 24.0 Å². The van der Waals surface area contributed by atoms with Crippen LogP contribution in [0, 0.1) is 0 Å². The van der Waals surface area contributed by atoms with Gasteiger partial charge in [-0.2, -0.15) is 0 Å². The Bertz CT molecular complexity index is 1010. The monoisotopic (exact) mass is 483 g/mol. The molecule has 0 radical (unpaired) electrons. The minimum absolute atomic E-state index is 0.0860. The maximum atomic E-state index is 13.1. The van der Waals surface area contributed by atoms with Crippen LogP contribution in [0.15, 0.2) is 65.7 Å². The van der Waals surface area contributed by atoms with Crippen LogP contribution in [-0.4, -0.2) is 53.7 Å². The minimum Gasteiger partial charge on any atom is -0.459 e. The molecule has 2 atom stereocenters. The molecule has 0 spiro atoms. The van der Waals surface area contributed by atoms with Crippen molar-refractivity contribution in [3.05, 3.63) is 71.8 Å². The molecular formula is C24H29N5O6. The molecule has 0 saturated heterocycles. The third kappa shape index (κ3) is 8.89. The summed E-state index contributed by atoms with van der Waals surface area (Å²) in [5.74, 6) is -2.18. The van der Waals surface area contributed by atoms with Gasteiger partial charge in [0.05, 0.1) is 6.04 Å². The van der Waals surface area contributed by atoms with E-state index in [-0.39, 0.29) is 38.4 Å². The average Bonchev–Trinajstić information content (AvgIpc) is 2.87. The topological polar surface area (TPSA) is 180 Å². The lowest BCUT2D eigenvalue weighted by Crippen LogP contribution is -2.55. The molecule has 0 aliphatic carbocycles. The van der Waals surface area contributed by atoms with Gasteiger partial charge in [0.1, 0.15) is 13.2 Å². The number of hydrogen-bond acceptors (Lipinski definition) is 8. The second-order valence-electron chi connectivity index (χ2n) is 7.48. The SMILES string of the molecule is NC(N)=NCCC[C@H](N)C(=O)N(C(=O)OCc1ccccc1)[C@H](C=O)C(=O)OCc1ccccc1. The van der Waals surface area contributed by atoms with Gasteiger partial charge in [-0.1, -0.05) is 60.7 Å². The van der Waals surface area contributed by atoms with E-state index in [2.05, 4.69) is 4.99 Å². The summed E-state index contributed by atoms with van der Waals surface area (Å²) < 4.78 is 10.4. The van der Waals surface area contributed by atoms with E-state index in [1.165, 1.54) is 0 Å². The Morgan fingerprint density at radius 3 is 1.97 bits per heavy atom. The molecule has 2 rings (SSSR count). The molecule has 0 heterocycles. The van der Waals surface area contributed by atoms with Gasteiger partial charge in [0.25, 0.3) is 0 Å². The van der Waals surface area contributed by atoms with Crippen LogP contribution in [0.5, 0.6) is 0 Å². The summed E-state index contributed by atoms with van der Waals surface area (Å²) in [7, 11) is 0. The number of imide groups is 1. The Hall–Kier alpha value is -4.25. The molecule has 11 nitrogen and oxygen atoms in total. The summed E-state index contributed by atoms with van der Waals surface area (Å²) >= 11 is 0. The summed E-state index contributed by atoms with van der Waals surface area (Å²) in [6.45, 7) is -0.137. The highest BCUT2D eigenvalue weighted by molar-refractivity contribution is 6.05. The highest BCUT2D eigenvalue weighted by Gasteiger charge is 2.39. The number of guanidine groups is 1. The largest absolute Gasteiger partial charge is 0.459 e. The van der Waals surface area contributed by atoms with E-state index in [0.29, 0.717) is 22.4 Å². The number of aliphatic imine (C=N–C) groups is 1. The van der Waals surface area contributed by atoms with E-state index in [9.17, 15) is 19.2 Å². The van der Waals surface area contributed by atoms with Gasteiger partial charge in [0.2, 0.25) is 5.91 Å². The molecule has 0 bridgehead atoms. The van der Waals surface area contributed by atoms with E-state index in [1.807, 2.05) is 0 Å². The second-order valence-corrected chi connectivity index (χ2v) is 7.48. The molecule has 6 N–H and O–H groups in total. The predicted molar refractivity (Wildman–Crippen MR) is 127 cm³/mol. The fourth-order valence-electron chi connectivity index (χ4n) is 2.99. The van der Waals surface area contributed by atoms with Crippen molar-refractivity contribution >= 4 is 30.2 Å². The molecule has 2 aromatic rings. The number of carbonyl (C=O) groups is 4. The van der Waals surface area contributed by atoms with Crippen molar-refractivity contribution in [1.29, 1.82) is 0 Å². The van der Waals surface area contributed by atoms with Crippen LogP contribution in [0.4, 0.5) is 4.79 Å². The van der Waals surface area contributed by atoms with E-state index < -0.39 is 30.1 Å². The maximum Gasteiger partial charge on any atom is 0.418 e. The first kappa shape index (κ1) is 27.0. The smallest absolute Gasteiger partial charge is 0.418 e. The summed E-state index contributed by atoms with van der Waals surface area (Å²) in [6.07, 6.45) is -0.654. The standard InChI is InChI=1S/C24H29N5O6/c25-19(12-7-13-28-23(26)27)21(31)29(24(33)35-16-18-10-5-2-6-11-18)20(14-30)22(32)34-15-17-8-3-1-4-9-17/h1-6,8-11,14,19-20H,7,12-13,15-16,25H2,(H4,26,27,28)/t19-,20+/m0/s1. The highest BCUT2D eigenvalue weighted by atomic mass is 16.6. The number of esters is 1. The molecular weight excluding hydrogens is 454 g/mol. The highest BCUT2D eigenvalue weighted by Crippen LogP contribution is 2.12. The second kappa shape index (κ2) is 14.1. The predicted octanol–water partition coefficient (Wildman–Crippen LogP) is 0.844. The van der Waals surface area contributed by atoms with Crippen molar-refractivity contribution in [2.24, 2.45) is 22.2 Å². The molecule has 0 unspecified atom stereocenters. The van der Waals surface area contributed by atoms with Crippen molar-refractivity contribution in [3.63, 3.8) is 0 Å². The molecule has 0 aliphatic heterocycles. The number of aldehydes is 1. The first-order valence-electron chi connectivity index (χ1n) is 10.8. The number of carbonyl (C=O) groups excluding carboxylic acids is 4. The lowest BCUT2D eigenvalue weighted by molar-refractivity contribution is -0.156. The lowest BCUT2D eigenvalue weighted by atomic mass is 10.1. The fraction of sp³-hybridized carbons (Fsp3) is 0.292. The Morgan fingerprint density at radius 1 is 0.914 bits per heavy atom. The first-order valence-corrected chi connectivity index (χ1v) is 10.8. The van der Waals surface area contributed by atoms with E-state index >= 15 is 0 Å². The number of nitrogens with two attached hydrogens (primary N) is 3. The van der Waals surface area contributed by atoms with Gasteiger partial charge < -0.3 is 31.5 Å². The molecule has 0 saturated carbocycles. The van der Waals surface area contributed by atoms with Gasteiger partial charge >= 0.3 is 12.1 Å². The molecule has 0 aromatic heterocycles. The van der Waals surface area contributed by atoms with Crippen molar-refractivity contribution in [2.75, 3.05) is 6.54 Å². The molecule has 0 aliphatic rings. The fourth-order valence-corrected chi connectivity index (χ4v) is 2.99. The normalized spacial score (nSPS) is 12.0. The summed E-state index contributed by atoms with van der Waals surface area (Å²) in [5, 5.41) is 0. The van der Waals surface area contributed by atoms with Crippen LogP contribution in [0.3, 0.4) is 0 Å². The zero-order valence-electron chi connectivity index (χ0n) is 19.1. The van der Waals surface area contributed by atoms with Gasteiger partial charge in [-0.25, -0.2) is 14.5 Å². The van der Waals surface area contributed by atoms with Crippen molar-refractivity contribution in [1.82, 2.24) is 4.90 Å². The van der Waals surface area contributed by atoms with Gasteiger partial charge in [-0.15, -0.1) is 0 Å². The van der Waals surface area contributed by atoms with Crippen molar-refractivity contribution < 1.29 is 28.7 Å². The molecule has 35 heavy (non-hydrogen) atoms. The van der Waals surface area contributed by atoms with Crippen LogP contribution < -0.4 is 17.2 Å². The summed E-state index contributed by atoms with van der Waals surface area (Å²) in [6, 6.07) is 14.3. The lowest BCUT2D eigenvalue weighted by Gasteiger charge is -2.27. The summed E-state index contributed by atoms with van der Waals surface area (Å²) in [4.78, 5) is 54.7. The van der Waals surface area contributed by atoms with Gasteiger partial charge in [0, 0.05) is 6.54 Å². The quantitative estimate of drug-likeness (QED) is 0.0984. The molecule has 11 heteroatoms. The Labute approximate surface area is 202 Å². The van der Waals surface area contributed by atoms with E-state index in [4.69, 9.17) is 26.7 Å². The van der Waals surface area contributed by atoms with Crippen LogP contribution >= 0.6 is 0 Å². The minimum atomic E-state index is -1.88. The average molecular weight is 484 g/mol. The van der Waals surface area contributed by atoms with Crippen LogP contribution in [0.1, 0.15) is 24.0 Å². The van der Waals surface area contributed by atoms with Gasteiger partial charge in [0.15, 0.2) is 18.3 Å². The number of amides is 2.